The Morgan fingerprint density at radius 3 is 2.59 bits per heavy atom. The van der Waals surface area contributed by atoms with Crippen LogP contribution in [0.25, 0.3) is 0 Å². The van der Waals surface area contributed by atoms with E-state index in [-0.39, 0.29) is 11.3 Å². The van der Waals surface area contributed by atoms with Gasteiger partial charge in [0.1, 0.15) is 27.7 Å². The number of pyridine rings is 2. The van der Waals surface area contributed by atoms with Crippen molar-refractivity contribution in [3.8, 4) is 5.88 Å². The normalized spacial score (nSPS) is 15.4. The van der Waals surface area contributed by atoms with Crippen LogP contribution in [0.1, 0.15) is 22.3 Å². The molecule has 2 aromatic heterocycles. The Morgan fingerprint density at radius 1 is 1.10 bits per heavy atom. The van der Waals surface area contributed by atoms with Crippen molar-refractivity contribution in [1.82, 2.24) is 14.9 Å². The molecule has 0 saturated carbocycles. The molecule has 0 bridgehead atoms. The van der Waals surface area contributed by atoms with Crippen LogP contribution in [0.5, 0.6) is 5.88 Å². The maximum absolute atomic E-state index is 13.3. The number of nitrogens with zero attached hydrogens (tertiary/aromatic N) is 3. The average molecular weight is 582 g/mol. The third-order valence-electron chi connectivity index (χ3n) is 7.26. The van der Waals surface area contributed by atoms with Gasteiger partial charge in [-0.05, 0) is 50.2 Å². The van der Waals surface area contributed by atoms with E-state index in [9.17, 15) is 18.0 Å². The number of hydrogen-bond donors (Lipinski definition) is 4. The zero-order valence-electron chi connectivity index (χ0n) is 23.2. The molecule has 1 amide bonds. The Bertz CT molecular complexity index is 1570. The van der Waals surface area contributed by atoms with Crippen molar-refractivity contribution in [3.05, 3.63) is 64.2 Å². The van der Waals surface area contributed by atoms with Crippen molar-refractivity contribution >= 4 is 44.2 Å². The van der Waals surface area contributed by atoms with Gasteiger partial charge in [-0.25, -0.2) is 13.4 Å². The highest BCUT2D eigenvalue weighted by Gasteiger charge is 2.21. The minimum atomic E-state index is -2.93. The molecule has 0 unspecified atom stereocenters. The number of aromatic amines is 1. The van der Waals surface area contributed by atoms with Crippen molar-refractivity contribution < 1.29 is 17.9 Å². The Kier molecular flexibility index (Phi) is 8.45. The summed E-state index contributed by atoms with van der Waals surface area (Å²) in [5.41, 5.74) is 3.72. The molecule has 0 atom stereocenters. The summed E-state index contributed by atoms with van der Waals surface area (Å²) in [5, 5.41) is 9.32. The van der Waals surface area contributed by atoms with E-state index in [0.717, 1.165) is 49.7 Å². The first-order chi connectivity index (χ1) is 19.7. The molecule has 2 aliphatic heterocycles. The van der Waals surface area contributed by atoms with Crippen molar-refractivity contribution in [3.63, 3.8) is 0 Å². The maximum atomic E-state index is 13.3. The number of H-pyrrole nitrogens is 1. The van der Waals surface area contributed by atoms with Gasteiger partial charge in [-0.1, -0.05) is 0 Å². The van der Waals surface area contributed by atoms with Crippen LogP contribution in [0.15, 0.2) is 47.5 Å². The summed E-state index contributed by atoms with van der Waals surface area (Å²) in [6, 6.07) is 9.17. The van der Waals surface area contributed by atoms with Crippen molar-refractivity contribution in [2.24, 2.45) is 0 Å². The standard InChI is InChI=1S/C28H35N7O5S/c1-19-23(18-31-28-25(19)29-10-16-40-28)33-22-8-9-30-26(36)24(22)27(37)32-20-4-6-21(7-5-20)35-14-12-34(13-15-35)11-3-17-41(2,38)39/h4-9,18,29H,3,10-17H2,1-2H3,(H,32,37)(H2,30,33,36). The predicted molar refractivity (Wildman–Crippen MR) is 161 cm³/mol. The van der Waals surface area contributed by atoms with Crippen LogP contribution in [0.2, 0.25) is 0 Å². The lowest BCUT2D eigenvalue weighted by Crippen LogP contribution is -2.46. The first-order valence-electron chi connectivity index (χ1n) is 13.6. The second-order valence-electron chi connectivity index (χ2n) is 10.3. The summed E-state index contributed by atoms with van der Waals surface area (Å²) in [7, 11) is -2.93. The highest BCUT2D eigenvalue weighted by molar-refractivity contribution is 7.90. The number of aromatic nitrogens is 2. The summed E-state index contributed by atoms with van der Waals surface area (Å²) in [5.74, 6) is 0.206. The smallest absolute Gasteiger partial charge is 0.263 e. The Balaban J connectivity index is 1.22. The van der Waals surface area contributed by atoms with E-state index in [2.05, 4.69) is 35.7 Å². The number of fused-ring (bicyclic) bond motifs is 1. The number of piperazine rings is 1. The fourth-order valence-corrected chi connectivity index (χ4v) is 5.68. The monoisotopic (exact) mass is 581 g/mol. The van der Waals surface area contributed by atoms with E-state index in [0.29, 0.717) is 42.5 Å². The van der Waals surface area contributed by atoms with E-state index in [4.69, 9.17) is 4.74 Å². The fraction of sp³-hybridized carbons (Fsp3) is 0.393. The lowest BCUT2D eigenvalue weighted by Gasteiger charge is -2.36. The fourth-order valence-electron chi connectivity index (χ4n) is 5.03. The molecule has 2 aliphatic rings. The van der Waals surface area contributed by atoms with E-state index in [1.165, 1.54) is 12.5 Å². The van der Waals surface area contributed by atoms with Gasteiger partial charge in [0.2, 0.25) is 5.88 Å². The summed E-state index contributed by atoms with van der Waals surface area (Å²) in [6.45, 7) is 7.27. The second-order valence-corrected chi connectivity index (χ2v) is 12.5. The molecule has 41 heavy (non-hydrogen) atoms. The number of sulfone groups is 1. The van der Waals surface area contributed by atoms with Gasteiger partial charge >= 0.3 is 0 Å². The molecule has 12 nitrogen and oxygen atoms in total. The quantitative estimate of drug-likeness (QED) is 0.297. The van der Waals surface area contributed by atoms with Crippen molar-refractivity contribution in [1.29, 1.82) is 0 Å². The topological polar surface area (TPSA) is 149 Å². The van der Waals surface area contributed by atoms with E-state index >= 15 is 0 Å². The van der Waals surface area contributed by atoms with Gasteiger partial charge in [0, 0.05) is 62.1 Å². The van der Waals surface area contributed by atoms with Crippen LogP contribution in [0.4, 0.5) is 28.4 Å². The number of amides is 1. The lowest BCUT2D eigenvalue weighted by molar-refractivity contribution is 0.102. The lowest BCUT2D eigenvalue weighted by atomic mass is 10.1. The molecule has 0 radical (unpaired) electrons. The van der Waals surface area contributed by atoms with Gasteiger partial charge in [0.15, 0.2) is 0 Å². The zero-order chi connectivity index (χ0) is 29.0. The van der Waals surface area contributed by atoms with Crippen LogP contribution in [0, 0.1) is 6.92 Å². The van der Waals surface area contributed by atoms with E-state index < -0.39 is 21.3 Å². The molecule has 13 heteroatoms. The van der Waals surface area contributed by atoms with Gasteiger partial charge in [0.25, 0.3) is 11.5 Å². The SMILES string of the molecule is Cc1c(Nc2cc[nH]c(=O)c2C(=O)Nc2ccc(N3CCN(CCCS(C)(=O)=O)CC3)cc2)cnc2c1NCCO2. The molecule has 1 saturated heterocycles. The molecule has 218 valence electrons. The van der Waals surface area contributed by atoms with Gasteiger partial charge in [-0.15, -0.1) is 0 Å². The molecule has 0 spiro atoms. The molecular formula is C28H35N7O5S. The largest absolute Gasteiger partial charge is 0.474 e. The molecule has 1 aromatic carbocycles. The third kappa shape index (κ3) is 6.98. The second kappa shape index (κ2) is 12.2. The number of ether oxygens (including phenoxy) is 1. The Labute approximate surface area is 239 Å². The van der Waals surface area contributed by atoms with Crippen LogP contribution in [-0.4, -0.2) is 87.1 Å². The van der Waals surface area contributed by atoms with E-state index in [1.807, 2.05) is 31.2 Å². The Hall–Kier alpha value is -4.10. The summed E-state index contributed by atoms with van der Waals surface area (Å²) >= 11 is 0. The van der Waals surface area contributed by atoms with Crippen LogP contribution >= 0.6 is 0 Å². The van der Waals surface area contributed by atoms with Crippen LogP contribution in [0.3, 0.4) is 0 Å². The van der Waals surface area contributed by atoms with Crippen LogP contribution in [-0.2, 0) is 9.84 Å². The molecule has 4 heterocycles. The van der Waals surface area contributed by atoms with Gasteiger partial charge in [-0.2, -0.15) is 0 Å². The number of carbonyl (C=O) groups is 1. The molecular weight excluding hydrogens is 546 g/mol. The number of hydrogen-bond acceptors (Lipinski definition) is 10. The first-order valence-corrected chi connectivity index (χ1v) is 15.7. The summed E-state index contributed by atoms with van der Waals surface area (Å²) < 4.78 is 28.3. The molecule has 4 N–H and O–H groups in total. The van der Waals surface area contributed by atoms with Gasteiger partial charge < -0.3 is 30.6 Å². The summed E-state index contributed by atoms with van der Waals surface area (Å²) in [4.78, 5) is 37.5. The minimum absolute atomic E-state index is 0.0371. The highest BCUT2D eigenvalue weighted by Crippen LogP contribution is 2.34. The van der Waals surface area contributed by atoms with Crippen molar-refractivity contribution in [2.75, 3.05) is 78.7 Å². The number of rotatable bonds is 9. The number of nitrogens with one attached hydrogen (secondary N) is 4. The Morgan fingerprint density at radius 2 is 1.85 bits per heavy atom. The maximum Gasteiger partial charge on any atom is 0.263 e. The first kappa shape index (κ1) is 28.4. The molecule has 3 aromatic rings. The predicted octanol–water partition coefficient (Wildman–Crippen LogP) is 2.44. The zero-order valence-corrected chi connectivity index (χ0v) is 24.0. The number of anilines is 5. The number of benzene rings is 1. The number of carbonyl (C=O) groups excluding carboxylic acids is 1. The molecule has 5 rings (SSSR count). The van der Waals surface area contributed by atoms with E-state index in [1.54, 1.807) is 12.3 Å². The minimum Gasteiger partial charge on any atom is -0.474 e. The van der Waals surface area contributed by atoms with Gasteiger partial charge in [0.05, 0.1) is 23.3 Å². The summed E-state index contributed by atoms with van der Waals surface area (Å²) in [6.07, 6.45) is 5.03. The molecule has 0 aliphatic carbocycles. The van der Waals surface area contributed by atoms with Gasteiger partial charge in [-0.3, -0.25) is 14.5 Å². The molecule has 1 fully saturated rings. The third-order valence-corrected chi connectivity index (χ3v) is 8.29. The van der Waals surface area contributed by atoms with Crippen LogP contribution < -0.4 is 31.1 Å². The highest BCUT2D eigenvalue weighted by atomic mass is 32.2. The van der Waals surface area contributed by atoms with Crippen molar-refractivity contribution in [2.45, 2.75) is 13.3 Å². The average Bonchev–Trinajstić information content (AvgIpc) is 2.95.